The number of ether oxygens (including phenoxy) is 1. The number of piperidine rings is 1. The Bertz CT molecular complexity index is 995. The minimum atomic E-state index is -0.924. The van der Waals surface area contributed by atoms with Crippen molar-refractivity contribution in [3.63, 3.8) is 0 Å². The van der Waals surface area contributed by atoms with Gasteiger partial charge in [0.1, 0.15) is 12.4 Å². The number of anilines is 1. The second-order valence-electron chi connectivity index (χ2n) is 7.85. The van der Waals surface area contributed by atoms with E-state index in [1.807, 2.05) is 42.6 Å². The second kappa shape index (κ2) is 10.2. The van der Waals surface area contributed by atoms with Gasteiger partial charge < -0.3 is 14.7 Å². The highest BCUT2D eigenvalue weighted by molar-refractivity contribution is 5.78. The van der Waals surface area contributed by atoms with Crippen molar-refractivity contribution in [1.29, 1.82) is 0 Å². The number of hydrogen-bond acceptors (Lipinski definition) is 5. The van der Waals surface area contributed by atoms with Gasteiger partial charge in [0.05, 0.1) is 17.6 Å². The van der Waals surface area contributed by atoms with E-state index in [9.17, 15) is 4.79 Å². The van der Waals surface area contributed by atoms with E-state index < -0.39 is 5.97 Å². The van der Waals surface area contributed by atoms with Crippen molar-refractivity contribution in [2.45, 2.75) is 19.3 Å². The molecule has 1 aliphatic rings. The van der Waals surface area contributed by atoms with E-state index in [1.165, 1.54) is 0 Å². The Morgan fingerprint density at radius 1 is 1.03 bits per heavy atom. The zero-order chi connectivity index (χ0) is 21.5. The first kappa shape index (κ1) is 21.0. The van der Waals surface area contributed by atoms with E-state index in [-0.39, 0.29) is 6.61 Å². The van der Waals surface area contributed by atoms with Crippen LogP contribution in [0.1, 0.15) is 19.3 Å². The van der Waals surface area contributed by atoms with Crippen LogP contribution in [0.5, 0.6) is 0 Å². The van der Waals surface area contributed by atoms with E-state index in [2.05, 4.69) is 29.2 Å². The van der Waals surface area contributed by atoms with Crippen molar-refractivity contribution in [3.05, 3.63) is 66.9 Å². The first-order chi connectivity index (χ1) is 15.2. The maximum atomic E-state index is 10.6. The first-order valence-corrected chi connectivity index (χ1v) is 10.7. The molecule has 3 aromatic rings. The zero-order valence-electron chi connectivity index (χ0n) is 17.5. The van der Waals surface area contributed by atoms with Crippen LogP contribution < -0.4 is 4.90 Å². The van der Waals surface area contributed by atoms with Crippen molar-refractivity contribution in [1.82, 2.24) is 9.97 Å². The van der Waals surface area contributed by atoms with Crippen LogP contribution in [-0.4, -0.2) is 47.3 Å². The normalized spacial score (nSPS) is 16.3. The maximum Gasteiger partial charge on any atom is 0.329 e. The molecule has 1 aromatic heterocycles. The van der Waals surface area contributed by atoms with Crippen LogP contribution in [0.3, 0.4) is 0 Å². The molecule has 1 atom stereocenters. The summed E-state index contributed by atoms with van der Waals surface area (Å²) in [6.07, 6.45) is 4.92. The molecule has 0 radical (unpaired) electrons. The molecule has 160 valence electrons. The molecule has 0 amide bonds. The molecule has 2 aromatic carbocycles. The SMILES string of the molecule is O=C(O)COCCC1CCCN(c2cnc(-c3ccccc3)c(-c3ccccc3)n2)C1. The van der Waals surface area contributed by atoms with Gasteiger partial charge in [0.2, 0.25) is 0 Å². The van der Waals surface area contributed by atoms with Crippen molar-refractivity contribution >= 4 is 11.8 Å². The van der Waals surface area contributed by atoms with Crippen LogP contribution in [0.4, 0.5) is 5.82 Å². The highest BCUT2D eigenvalue weighted by Crippen LogP contribution is 2.32. The van der Waals surface area contributed by atoms with Gasteiger partial charge in [-0.2, -0.15) is 0 Å². The number of carboxylic acid groups (broad SMARTS) is 1. The molecule has 1 fully saturated rings. The summed E-state index contributed by atoms with van der Waals surface area (Å²) in [4.78, 5) is 22.8. The lowest BCUT2D eigenvalue weighted by atomic mass is 9.95. The Morgan fingerprint density at radius 3 is 2.39 bits per heavy atom. The summed E-state index contributed by atoms with van der Waals surface area (Å²) in [5.74, 6) is 0.417. The standard InChI is InChI=1S/C25H27N3O3/c29-23(30)18-31-15-13-19-8-7-14-28(17-19)22-16-26-24(20-9-3-1-4-10-20)25(27-22)21-11-5-2-6-12-21/h1-6,9-12,16,19H,7-8,13-15,17-18H2,(H,29,30). The third kappa shape index (κ3) is 5.47. The molecule has 0 saturated carbocycles. The molecule has 2 heterocycles. The quantitative estimate of drug-likeness (QED) is 0.543. The number of rotatable bonds is 8. The van der Waals surface area contributed by atoms with Gasteiger partial charge >= 0.3 is 5.97 Å². The Kier molecular flexibility index (Phi) is 6.89. The Hall–Kier alpha value is -3.25. The molecule has 0 spiro atoms. The zero-order valence-corrected chi connectivity index (χ0v) is 17.5. The number of hydrogen-bond donors (Lipinski definition) is 1. The Morgan fingerprint density at radius 2 is 1.71 bits per heavy atom. The molecule has 6 heteroatoms. The summed E-state index contributed by atoms with van der Waals surface area (Å²) in [5.41, 5.74) is 3.86. The third-order valence-electron chi connectivity index (χ3n) is 5.59. The van der Waals surface area contributed by atoms with Crippen LogP contribution in [0, 0.1) is 5.92 Å². The molecular weight excluding hydrogens is 390 g/mol. The smallest absolute Gasteiger partial charge is 0.329 e. The van der Waals surface area contributed by atoms with Crippen LogP contribution in [0.2, 0.25) is 0 Å². The summed E-state index contributed by atoms with van der Waals surface area (Å²) in [6.45, 7) is 2.06. The van der Waals surface area contributed by atoms with Crippen molar-refractivity contribution in [3.8, 4) is 22.5 Å². The topological polar surface area (TPSA) is 75.6 Å². The summed E-state index contributed by atoms with van der Waals surface area (Å²) in [7, 11) is 0. The van der Waals surface area contributed by atoms with Gasteiger partial charge in [-0.25, -0.2) is 9.78 Å². The maximum absolute atomic E-state index is 10.6. The molecule has 1 aliphatic heterocycles. The average Bonchev–Trinajstić information content (AvgIpc) is 2.83. The molecule has 1 saturated heterocycles. The third-order valence-corrected chi connectivity index (χ3v) is 5.59. The highest BCUT2D eigenvalue weighted by atomic mass is 16.5. The van der Waals surface area contributed by atoms with E-state index in [0.29, 0.717) is 12.5 Å². The van der Waals surface area contributed by atoms with E-state index in [4.69, 9.17) is 19.8 Å². The molecule has 4 rings (SSSR count). The molecule has 1 unspecified atom stereocenters. The predicted octanol–water partition coefficient (Wildman–Crippen LogP) is 4.52. The van der Waals surface area contributed by atoms with Gasteiger partial charge in [0, 0.05) is 30.8 Å². The van der Waals surface area contributed by atoms with Gasteiger partial charge in [0.25, 0.3) is 0 Å². The Balaban J connectivity index is 1.55. The van der Waals surface area contributed by atoms with E-state index in [1.54, 1.807) is 0 Å². The number of carboxylic acids is 1. The predicted molar refractivity (Wildman–Crippen MR) is 121 cm³/mol. The van der Waals surface area contributed by atoms with Crippen molar-refractivity contribution in [2.24, 2.45) is 5.92 Å². The number of benzene rings is 2. The lowest BCUT2D eigenvalue weighted by Crippen LogP contribution is -2.36. The van der Waals surface area contributed by atoms with E-state index in [0.717, 1.165) is 60.7 Å². The van der Waals surface area contributed by atoms with E-state index >= 15 is 0 Å². The minimum absolute atomic E-state index is 0.233. The number of aliphatic carboxylic acids is 1. The van der Waals surface area contributed by atoms with Gasteiger partial charge in [-0.1, -0.05) is 60.7 Å². The van der Waals surface area contributed by atoms with Gasteiger partial charge in [-0.15, -0.1) is 0 Å². The van der Waals surface area contributed by atoms with Crippen LogP contribution in [0.25, 0.3) is 22.5 Å². The number of nitrogens with zero attached hydrogens (tertiary/aromatic N) is 3. The minimum Gasteiger partial charge on any atom is -0.480 e. The molecule has 6 nitrogen and oxygen atoms in total. The fourth-order valence-corrected chi connectivity index (χ4v) is 4.05. The lowest BCUT2D eigenvalue weighted by Gasteiger charge is -2.33. The van der Waals surface area contributed by atoms with Gasteiger partial charge in [0.15, 0.2) is 0 Å². The largest absolute Gasteiger partial charge is 0.480 e. The fourth-order valence-electron chi connectivity index (χ4n) is 4.05. The fraction of sp³-hybridized carbons (Fsp3) is 0.320. The monoisotopic (exact) mass is 417 g/mol. The molecular formula is C25H27N3O3. The van der Waals surface area contributed by atoms with Crippen LogP contribution >= 0.6 is 0 Å². The van der Waals surface area contributed by atoms with Gasteiger partial charge in [-0.3, -0.25) is 4.98 Å². The highest BCUT2D eigenvalue weighted by Gasteiger charge is 2.22. The summed E-state index contributed by atoms with van der Waals surface area (Å²) >= 11 is 0. The average molecular weight is 418 g/mol. The van der Waals surface area contributed by atoms with Crippen LogP contribution in [-0.2, 0) is 9.53 Å². The van der Waals surface area contributed by atoms with Crippen molar-refractivity contribution < 1.29 is 14.6 Å². The molecule has 31 heavy (non-hydrogen) atoms. The number of aromatic nitrogens is 2. The summed E-state index contributed by atoms with van der Waals surface area (Å²) < 4.78 is 5.23. The summed E-state index contributed by atoms with van der Waals surface area (Å²) in [5, 5.41) is 8.72. The molecule has 0 aliphatic carbocycles. The van der Waals surface area contributed by atoms with Crippen LogP contribution in [0.15, 0.2) is 66.9 Å². The van der Waals surface area contributed by atoms with Crippen molar-refractivity contribution in [2.75, 3.05) is 31.2 Å². The first-order valence-electron chi connectivity index (χ1n) is 10.7. The molecule has 1 N–H and O–H groups in total. The number of carbonyl (C=O) groups is 1. The second-order valence-corrected chi connectivity index (χ2v) is 7.85. The summed E-state index contributed by atoms with van der Waals surface area (Å²) in [6, 6.07) is 20.3. The Labute approximate surface area is 182 Å². The molecule has 0 bridgehead atoms. The lowest BCUT2D eigenvalue weighted by molar-refractivity contribution is -0.142. The van der Waals surface area contributed by atoms with Gasteiger partial charge in [-0.05, 0) is 25.2 Å².